The average molecular weight is 278 g/mol. The topological polar surface area (TPSA) is 54.6 Å². The van der Waals surface area contributed by atoms with Crippen molar-refractivity contribution in [1.82, 2.24) is 9.38 Å². The van der Waals surface area contributed by atoms with Gasteiger partial charge in [-0.3, -0.25) is 4.79 Å². The monoisotopic (exact) mass is 278 g/mol. The zero-order chi connectivity index (χ0) is 14.7. The van der Waals surface area contributed by atoms with Gasteiger partial charge in [0.05, 0.1) is 12.1 Å². The van der Waals surface area contributed by atoms with E-state index in [1.54, 1.807) is 6.20 Å². The Morgan fingerprint density at radius 1 is 1.14 bits per heavy atom. The van der Waals surface area contributed by atoms with Crippen LogP contribution in [0.4, 0.5) is 0 Å². The van der Waals surface area contributed by atoms with Gasteiger partial charge in [0.1, 0.15) is 5.65 Å². The van der Waals surface area contributed by atoms with E-state index in [0.717, 1.165) is 16.8 Å². The van der Waals surface area contributed by atoms with Gasteiger partial charge in [-0.2, -0.15) is 0 Å². The van der Waals surface area contributed by atoms with Crippen molar-refractivity contribution in [2.75, 3.05) is 0 Å². The molecule has 0 aliphatic heterocycles. The quantitative estimate of drug-likeness (QED) is 0.797. The highest BCUT2D eigenvalue weighted by Gasteiger charge is 2.05. The van der Waals surface area contributed by atoms with E-state index in [0.29, 0.717) is 5.69 Å². The second kappa shape index (κ2) is 5.63. The second-order valence-corrected chi connectivity index (χ2v) is 4.77. The molecular weight excluding hydrogens is 264 g/mol. The van der Waals surface area contributed by atoms with Crippen molar-refractivity contribution in [3.63, 3.8) is 0 Å². The van der Waals surface area contributed by atoms with Gasteiger partial charge in [0.15, 0.2) is 0 Å². The van der Waals surface area contributed by atoms with E-state index in [-0.39, 0.29) is 6.42 Å². The van der Waals surface area contributed by atoms with Crippen LogP contribution >= 0.6 is 0 Å². The number of nitrogens with zero attached hydrogens (tertiary/aromatic N) is 2. The van der Waals surface area contributed by atoms with Gasteiger partial charge >= 0.3 is 5.97 Å². The number of aliphatic carboxylic acids is 1. The minimum atomic E-state index is -0.873. The summed E-state index contributed by atoms with van der Waals surface area (Å²) in [5.74, 6) is -0.873. The summed E-state index contributed by atoms with van der Waals surface area (Å²) in [6.07, 6.45) is 7.62. The summed E-state index contributed by atoms with van der Waals surface area (Å²) in [4.78, 5) is 15.0. The standard InChI is InChI=1S/C17H14N2O2/c20-17(21)11-15-12-19-9-8-14(10-16(19)18-15)7-6-13-4-2-1-3-5-13/h1-10,12H,11H2,(H,20,21)/b7-6+. The molecule has 2 aromatic heterocycles. The molecule has 0 aliphatic rings. The van der Waals surface area contributed by atoms with Crippen LogP contribution in [0.1, 0.15) is 16.8 Å². The van der Waals surface area contributed by atoms with Gasteiger partial charge in [-0.25, -0.2) is 4.98 Å². The van der Waals surface area contributed by atoms with Crippen molar-refractivity contribution in [3.05, 3.63) is 71.7 Å². The summed E-state index contributed by atoms with van der Waals surface area (Å²) in [7, 11) is 0. The number of imidazole rings is 1. The second-order valence-electron chi connectivity index (χ2n) is 4.77. The molecule has 1 N–H and O–H groups in total. The average Bonchev–Trinajstić information content (AvgIpc) is 2.86. The van der Waals surface area contributed by atoms with Crippen LogP contribution < -0.4 is 0 Å². The molecule has 0 radical (unpaired) electrons. The number of rotatable bonds is 4. The van der Waals surface area contributed by atoms with E-state index in [9.17, 15) is 4.79 Å². The van der Waals surface area contributed by atoms with Crippen molar-refractivity contribution in [2.24, 2.45) is 0 Å². The molecule has 0 unspecified atom stereocenters. The van der Waals surface area contributed by atoms with Crippen LogP contribution in [0.2, 0.25) is 0 Å². The zero-order valence-electron chi connectivity index (χ0n) is 11.3. The number of carboxylic acids is 1. The number of hydrogen-bond acceptors (Lipinski definition) is 2. The first-order valence-electron chi connectivity index (χ1n) is 6.63. The molecule has 21 heavy (non-hydrogen) atoms. The first kappa shape index (κ1) is 13.1. The van der Waals surface area contributed by atoms with E-state index in [1.165, 1.54) is 0 Å². The molecule has 0 bridgehead atoms. The minimum Gasteiger partial charge on any atom is -0.481 e. The Balaban J connectivity index is 1.87. The lowest BCUT2D eigenvalue weighted by Gasteiger charge is -1.96. The molecule has 3 aromatic rings. The maximum atomic E-state index is 10.7. The molecule has 4 nitrogen and oxygen atoms in total. The SMILES string of the molecule is O=C(O)Cc1cn2ccc(/C=C/c3ccccc3)cc2n1. The van der Waals surface area contributed by atoms with Gasteiger partial charge in [0.25, 0.3) is 0 Å². The highest BCUT2D eigenvalue weighted by molar-refractivity contribution is 5.72. The number of carboxylic acid groups (broad SMARTS) is 1. The first-order chi connectivity index (χ1) is 10.2. The number of pyridine rings is 1. The molecule has 0 amide bonds. The van der Waals surface area contributed by atoms with Crippen LogP contribution in [-0.4, -0.2) is 20.5 Å². The normalized spacial score (nSPS) is 11.2. The molecule has 0 saturated heterocycles. The predicted molar refractivity (Wildman–Crippen MR) is 81.9 cm³/mol. The fourth-order valence-electron chi connectivity index (χ4n) is 2.15. The maximum Gasteiger partial charge on any atom is 0.309 e. The Morgan fingerprint density at radius 3 is 2.67 bits per heavy atom. The van der Waals surface area contributed by atoms with Crippen molar-refractivity contribution in [1.29, 1.82) is 0 Å². The molecule has 0 spiro atoms. The van der Waals surface area contributed by atoms with Gasteiger partial charge in [-0.05, 0) is 23.3 Å². The van der Waals surface area contributed by atoms with Crippen molar-refractivity contribution >= 4 is 23.8 Å². The van der Waals surface area contributed by atoms with Gasteiger partial charge in [-0.1, -0.05) is 42.5 Å². The lowest BCUT2D eigenvalue weighted by Crippen LogP contribution is -1.99. The molecule has 104 valence electrons. The van der Waals surface area contributed by atoms with Gasteiger partial charge in [0, 0.05) is 12.4 Å². The number of aromatic nitrogens is 2. The summed E-state index contributed by atoms with van der Waals surface area (Å²) in [6.45, 7) is 0. The number of carbonyl (C=O) groups is 1. The Bertz CT molecular complexity index is 804. The molecular formula is C17H14N2O2. The molecule has 0 atom stereocenters. The lowest BCUT2D eigenvalue weighted by molar-refractivity contribution is -0.136. The fraction of sp³-hybridized carbons (Fsp3) is 0.0588. The Morgan fingerprint density at radius 2 is 1.90 bits per heavy atom. The van der Waals surface area contributed by atoms with E-state index >= 15 is 0 Å². The van der Waals surface area contributed by atoms with Crippen LogP contribution in [0.5, 0.6) is 0 Å². The smallest absolute Gasteiger partial charge is 0.309 e. The number of fused-ring (bicyclic) bond motifs is 1. The summed E-state index contributed by atoms with van der Waals surface area (Å²) >= 11 is 0. The maximum absolute atomic E-state index is 10.7. The van der Waals surface area contributed by atoms with Crippen molar-refractivity contribution in [3.8, 4) is 0 Å². The highest BCUT2D eigenvalue weighted by Crippen LogP contribution is 2.12. The van der Waals surface area contributed by atoms with Gasteiger partial charge in [0.2, 0.25) is 0 Å². The van der Waals surface area contributed by atoms with E-state index in [4.69, 9.17) is 5.11 Å². The molecule has 0 aliphatic carbocycles. The van der Waals surface area contributed by atoms with Crippen LogP contribution in [-0.2, 0) is 11.2 Å². The zero-order valence-corrected chi connectivity index (χ0v) is 11.3. The largest absolute Gasteiger partial charge is 0.481 e. The van der Waals surface area contributed by atoms with E-state index in [2.05, 4.69) is 4.98 Å². The molecule has 0 fully saturated rings. The van der Waals surface area contributed by atoms with Crippen LogP contribution in [0, 0.1) is 0 Å². The minimum absolute atomic E-state index is 0.0587. The number of benzene rings is 1. The van der Waals surface area contributed by atoms with E-state index < -0.39 is 5.97 Å². The van der Waals surface area contributed by atoms with Crippen LogP contribution in [0.15, 0.2) is 54.9 Å². The fourth-order valence-corrected chi connectivity index (χ4v) is 2.15. The summed E-state index contributed by atoms with van der Waals surface area (Å²) in [5.41, 5.74) is 3.47. The van der Waals surface area contributed by atoms with Crippen LogP contribution in [0.3, 0.4) is 0 Å². The van der Waals surface area contributed by atoms with Gasteiger partial charge in [-0.15, -0.1) is 0 Å². The van der Waals surface area contributed by atoms with E-state index in [1.807, 2.05) is 65.2 Å². The molecule has 0 saturated carbocycles. The molecule has 2 heterocycles. The van der Waals surface area contributed by atoms with Crippen LogP contribution in [0.25, 0.3) is 17.8 Å². The number of hydrogen-bond donors (Lipinski definition) is 1. The summed E-state index contributed by atoms with van der Waals surface area (Å²) in [6, 6.07) is 14.0. The van der Waals surface area contributed by atoms with Crippen molar-refractivity contribution < 1.29 is 9.90 Å². The molecule has 3 rings (SSSR count). The third-order valence-corrected chi connectivity index (χ3v) is 3.13. The predicted octanol–water partition coefficient (Wildman–Crippen LogP) is 3.13. The molecule has 1 aromatic carbocycles. The van der Waals surface area contributed by atoms with Gasteiger partial charge < -0.3 is 9.51 Å². The first-order valence-corrected chi connectivity index (χ1v) is 6.63. The lowest BCUT2D eigenvalue weighted by atomic mass is 10.1. The Hall–Kier alpha value is -2.88. The highest BCUT2D eigenvalue weighted by atomic mass is 16.4. The summed E-state index contributed by atoms with van der Waals surface area (Å²) < 4.78 is 1.83. The van der Waals surface area contributed by atoms with Crippen molar-refractivity contribution in [2.45, 2.75) is 6.42 Å². The Kier molecular flexibility index (Phi) is 3.51. The Labute approximate surface area is 122 Å². The third kappa shape index (κ3) is 3.17. The third-order valence-electron chi connectivity index (χ3n) is 3.13. The summed E-state index contributed by atoms with van der Waals surface area (Å²) in [5, 5.41) is 8.80. The molecule has 4 heteroatoms.